The maximum atomic E-state index is 13.8. The highest BCUT2D eigenvalue weighted by molar-refractivity contribution is 6.07. The first-order chi connectivity index (χ1) is 7.75. The van der Waals surface area contributed by atoms with E-state index in [9.17, 15) is 4.39 Å². The Bertz CT molecular complexity index is 683. The summed E-state index contributed by atoms with van der Waals surface area (Å²) in [6.07, 6.45) is 0. The summed E-state index contributed by atoms with van der Waals surface area (Å²) in [5.74, 6) is -0.138. The van der Waals surface area contributed by atoms with Gasteiger partial charge in [0.1, 0.15) is 5.82 Å². The zero-order valence-electron chi connectivity index (χ0n) is 9.00. The third kappa shape index (κ3) is 1.28. The molecule has 1 heteroatoms. The van der Waals surface area contributed by atoms with Crippen LogP contribution >= 0.6 is 0 Å². The molecular formula is C15H11F. The van der Waals surface area contributed by atoms with E-state index in [1.54, 1.807) is 6.07 Å². The third-order valence-electron chi connectivity index (χ3n) is 2.95. The minimum absolute atomic E-state index is 0.138. The normalized spacial score (nSPS) is 11.1. The molecule has 0 atom stereocenters. The molecule has 78 valence electrons. The highest BCUT2D eigenvalue weighted by Gasteiger charge is 2.04. The van der Waals surface area contributed by atoms with Crippen LogP contribution in [-0.2, 0) is 0 Å². The maximum Gasteiger partial charge on any atom is 0.131 e. The van der Waals surface area contributed by atoms with E-state index in [1.807, 2.05) is 43.3 Å². The van der Waals surface area contributed by atoms with E-state index < -0.39 is 0 Å². The molecule has 0 nitrogen and oxygen atoms in total. The molecule has 0 radical (unpaired) electrons. The average Bonchev–Trinajstić information content (AvgIpc) is 2.28. The van der Waals surface area contributed by atoms with Crippen LogP contribution < -0.4 is 0 Å². The van der Waals surface area contributed by atoms with Crippen LogP contribution in [0.15, 0.2) is 48.5 Å². The Labute approximate surface area is 93.3 Å². The second kappa shape index (κ2) is 3.31. The number of benzene rings is 3. The fraction of sp³-hybridized carbons (Fsp3) is 0.0667. The van der Waals surface area contributed by atoms with Gasteiger partial charge in [-0.2, -0.15) is 0 Å². The van der Waals surface area contributed by atoms with E-state index in [-0.39, 0.29) is 5.82 Å². The first-order valence-electron chi connectivity index (χ1n) is 5.33. The molecule has 16 heavy (non-hydrogen) atoms. The van der Waals surface area contributed by atoms with Gasteiger partial charge in [-0.15, -0.1) is 0 Å². The smallest absolute Gasteiger partial charge is 0.131 e. The Kier molecular flexibility index (Phi) is 1.93. The maximum absolute atomic E-state index is 13.8. The Hall–Kier alpha value is -1.89. The van der Waals surface area contributed by atoms with Crippen LogP contribution in [0.3, 0.4) is 0 Å². The number of halogens is 1. The standard InChI is InChI=1S/C15H11F/c1-10-8-14-12-5-3-2-4-11(12)6-7-13(14)15(16)9-10/h2-9H,1H3. The Balaban J connectivity index is 2.59. The van der Waals surface area contributed by atoms with E-state index in [2.05, 4.69) is 6.07 Å². The van der Waals surface area contributed by atoms with Crippen LogP contribution in [0.25, 0.3) is 21.5 Å². The van der Waals surface area contributed by atoms with Crippen molar-refractivity contribution in [2.75, 3.05) is 0 Å². The molecule has 0 amide bonds. The van der Waals surface area contributed by atoms with E-state index in [0.717, 1.165) is 21.7 Å². The van der Waals surface area contributed by atoms with Gasteiger partial charge in [0.05, 0.1) is 0 Å². The van der Waals surface area contributed by atoms with Crippen LogP contribution in [0.4, 0.5) is 4.39 Å². The summed E-state index contributed by atoms with van der Waals surface area (Å²) in [7, 11) is 0. The van der Waals surface area contributed by atoms with Crippen molar-refractivity contribution in [1.29, 1.82) is 0 Å². The minimum Gasteiger partial charge on any atom is -0.206 e. The first-order valence-corrected chi connectivity index (χ1v) is 5.33. The molecule has 0 heterocycles. The van der Waals surface area contributed by atoms with Gasteiger partial charge < -0.3 is 0 Å². The second-order valence-corrected chi connectivity index (χ2v) is 4.13. The van der Waals surface area contributed by atoms with Crippen LogP contribution in [0, 0.1) is 12.7 Å². The minimum atomic E-state index is -0.138. The molecule has 0 saturated heterocycles. The van der Waals surface area contributed by atoms with Gasteiger partial charge in [-0.25, -0.2) is 4.39 Å². The Morgan fingerprint density at radius 3 is 2.50 bits per heavy atom. The third-order valence-corrected chi connectivity index (χ3v) is 2.95. The van der Waals surface area contributed by atoms with Crippen molar-refractivity contribution in [2.45, 2.75) is 6.92 Å². The van der Waals surface area contributed by atoms with Crippen LogP contribution in [0.1, 0.15) is 5.56 Å². The lowest BCUT2D eigenvalue weighted by Gasteiger charge is -2.05. The lowest BCUT2D eigenvalue weighted by atomic mass is 10.00. The van der Waals surface area contributed by atoms with Crippen molar-refractivity contribution in [3.63, 3.8) is 0 Å². The molecule has 0 aliphatic heterocycles. The molecule has 0 fully saturated rings. The number of hydrogen-bond donors (Lipinski definition) is 0. The first kappa shape index (κ1) is 9.34. The van der Waals surface area contributed by atoms with Crippen molar-refractivity contribution in [3.8, 4) is 0 Å². The quantitative estimate of drug-likeness (QED) is 0.481. The van der Waals surface area contributed by atoms with Gasteiger partial charge in [-0.1, -0.05) is 42.5 Å². The van der Waals surface area contributed by atoms with Crippen molar-refractivity contribution >= 4 is 21.5 Å². The lowest BCUT2D eigenvalue weighted by molar-refractivity contribution is 0.639. The molecule has 0 unspecified atom stereocenters. The molecule has 3 rings (SSSR count). The Morgan fingerprint density at radius 2 is 1.62 bits per heavy atom. The molecule has 3 aromatic carbocycles. The zero-order valence-corrected chi connectivity index (χ0v) is 9.00. The monoisotopic (exact) mass is 210 g/mol. The molecule has 0 spiro atoms. The summed E-state index contributed by atoms with van der Waals surface area (Å²) in [6, 6.07) is 15.5. The van der Waals surface area contributed by atoms with Gasteiger partial charge in [0.15, 0.2) is 0 Å². The zero-order chi connectivity index (χ0) is 11.1. The van der Waals surface area contributed by atoms with Crippen LogP contribution in [0.2, 0.25) is 0 Å². The summed E-state index contributed by atoms with van der Waals surface area (Å²) in [5.41, 5.74) is 0.960. The lowest BCUT2D eigenvalue weighted by Crippen LogP contribution is -1.84. The van der Waals surface area contributed by atoms with Crippen molar-refractivity contribution < 1.29 is 4.39 Å². The van der Waals surface area contributed by atoms with E-state index >= 15 is 0 Å². The number of fused-ring (bicyclic) bond motifs is 3. The van der Waals surface area contributed by atoms with Gasteiger partial charge >= 0.3 is 0 Å². The highest BCUT2D eigenvalue weighted by Crippen LogP contribution is 2.27. The van der Waals surface area contributed by atoms with Crippen LogP contribution in [0.5, 0.6) is 0 Å². The summed E-state index contributed by atoms with van der Waals surface area (Å²) in [4.78, 5) is 0. The molecule has 0 aliphatic carbocycles. The summed E-state index contributed by atoms with van der Waals surface area (Å²) in [5, 5.41) is 3.96. The predicted molar refractivity (Wildman–Crippen MR) is 66.1 cm³/mol. The molecule has 0 N–H and O–H groups in total. The fourth-order valence-electron chi connectivity index (χ4n) is 2.21. The average molecular weight is 210 g/mol. The molecule has 0 saturated carbocycles. The topological polar surface area (TPSA) is 0 Å². The fourth-order valence-corrected chi connectivity index (χ4v) is 2.21. The van der Waals surface area contributed by atoms with Gasteiger partial charge in [0.2, 0.25) is 0 Å². The molecular weight excluding hydrogens is 199 g/mol. The van der Waals surface area contributed by atoms with Gasteiger partial charge in [0.25, 0.3) is 0 Å². The van der Waals surface area contributed by atoms with Gasteiger partial charge in [-0.3, -0.25) is 0 Å². The van der Waals surface area contributed by atoms with E-state index in [4.69, 9.17) is 0 Å². The Morgan fingerprint density at radius 1 is 0.812 bits per heavy atom. The van der Waals surface area contributed by atoms with E-state index in [1.165, 1.54) is 0 Å². The number of aryl methyl sites for hydroxylation is 1. The largest absolute Gasteiger partial charge is 0.206 e. The van der Waals surface area contributed by atoms with Gasteiger partial charge in [0, 0.05) is 5.39 Å². The summed E-state index contributed by atoms with van der Waals surface area (Å²) in [6.45, 7) is 1.92. The molecule has 0 aromatic heterocycles. The highest BCUT2D eigenvalue weighted by atomic mass is 19.1. The predicted octanol–water partition coefficient (Wildman–Crippen LogP) is 4.44. The van der Waals surface area contributed by atoms with Crippen molar-refractivity contribution in [2.24, 2.45) is 0 Å². The van der Waals surface area contributed by atoms with E-state index in [0.29, 0.717) is 5.39 Å². The number of rotatable bonds is 0. The molecule has 3 aromatic rings. The second-order valence-electron chi connectivity index (χ2n) is 4.13. The summed E-state index contributed by atoms with van der Waals surface area (Å²) >= 11 is 0. The van der Waals surface area contributed by atoms with Crippen molar-refractivity contribution in [3.05, 3.63) is 59.9 Å². The van der Waals surface area contributed by atoms with Gasteiger partial charge in [-0.05, 0) is 34.7 Å². The molecule has 0 aliphatic rings. The van der Waals surface area contributed by atoms with Crippen LogP contribution in [-0.4, -0.2) is 0 Å². The molecule has 0 bridgehead atoms. The number of hydrogen-bond acceptors (Lipinski definition) is 0. The van der Waals surface area contributed by atoms with Crippen molar-refractivity contribution in [1.82, 2.24) is 0 Å². The SMILES string of the molecule is Cc1cc(F)c2ccc3ccccc3c2c1. The summed E-state index contributed by atoms with van der Waals surface area (Å²) < 4.78 is 13.8.